The number of fused-ring (bicyclic) bond motifs is 1. The molecule has 12 heavy (non-hydrogen) atoms. The van der Waals surface area contributed by atoms with Crippen LogP contribution in [0.25, 0.3) is 10.9 Å². The highest BCUT2D eigenvalue weighted by atomic mass is 79.9. The fourth-order valence-electron chi connectivity index (χ4n) is 1.19. The first-order valence-electron chi connectivity index (χ1n) is 3.53. The second kappa shape index (κ2) is 2.75. The zero-order chi connectivity index (χ0) is 8.55. The van der Waals surface area contributed by atoms with E-state index in [2.05, 4.69) is 20.9 Å². The Morgan fingerprint density at radius 2 is 2.17 bits per heavy atom. The number of aldehydes is 1. The number of benzene rings is 1. The van der Waals surface area contributed by atoms with Crippen LogP contribution in [0, 0.1) is 0 Å². The third kappa shape index (κ3) is 1.16. The van der Waals surface area contributed by atoms with Crippen LogP contribution in [-0.2, 0) is 0 Å². The van der Waals surface area contributed by atoms with E-state index < -0.39 is 0 Å². The van der Waals surface area contributed by atoms with E-state index in [1.165, 1.54) is 0 Å². The van der Waals surface area contributed by atoms with Crippen LogP contribution >= 0.6 is 15.9 Å². The van der Waals surface area contributed by atoms with Crippen molar-refractivity contribution in [2.24, 2.45) is 0 Å². The van der Waals surface area contributed by atoms with Crippen molar-refractivity contribution in [1.82, 2.24) is 4.98 Å². The lowest BCUT2D eigenvalue weighted by Crippen LogP contribution is -1.74. The van der Waals surface area contributed by atoms with Crippen molar-refractivity contribution >= 4 is 33.1 Å². The smallest absolute Gasteiger partial charge is 0.166 e. The molecule has 0 aliphatic carbocycles. The third-order valence-electron chi connectivity index (χ3n) is 1.73. The summed E-state index contributed by atoms with van der Waals surface area (Å²) in [7, 11) is 0. The number of carbonyl (C=O) groups is 1. The number of aromatic amines is 1. The Bertz CT molecular complexity index is 433. The first-order chi connectivity index (χ1) is 5.79. The quantitative estimate of drug-likeness (QED) is 0.742. The minimum atomic E-state index is 0.614. The molecule has 0 saturated heterocycles. The number of halogens is 1. The van der Waals surface area contributed by atoms with Gasteiger partial charge in [0.2, 0.25) is 0 Å². The van der Waals surface area contributed by atoms with E-state index in [0.29, 0.717) is 5.69 Å². The van der Waals surface area contributed by atoms with Gasteiger partial charge in [-0.15, -0.1) is 0 Å². The van der Waals surface area contributed by atoms with Crippen LogP contribution in [0.1, 0.15) is 10.5 Å². The third-order valence-corrected chi connectivity index (χ3v) is 2.22. The number of carbonyl (C=O) groups excluding carboxylic acids is 1. The average Bonchev–Trinajstić information content (AvgIpc) is 2.46. The van der Waals surface area contributed by atoms with Crippen molar-refractivity contribution < 1.29 is 4.79 Å². The van der Waals surface area contributed by atoms with E-state index in [9.17, 15) is 4.79 Å². The van der Waals surface area contributed by atoms with Crippen molar-refractivity contribution in [3.63, 3.8) is 0 Å². The lowest BCUT2D eigenvalue weighted by molar-refractivity contribution is 0.112. The van der Waals surface area contributed by atoms with Gasteiger partial charge < -0.3 is 4.98 Å². The maximum atomic E-state index is 10.4. The number of aromatic nitrogens is 1. The van der Waals surface area contributed by atoms with Crippen LogP contribution in [-0.4, -0.2) is 11.3 Å². The van der Waals surface area contributed by atoms with Gasteiger partial charge in [-0.3, -0.25) is 4.79 Å². The molecule has 1 heterocycles. The van der Waals surface area contributed by atoms with Gasteiger partial charge >= 0.3 is 0 Å². The summed E-state index contributed by atoms with van der Waals surface area (Å²) in [4.78, 5) is 13.4. The summed E-state index contributed by atoms with van der Waals surface area (Å²) in [5.41, 5.74) is 1.60. The Labute approximate surface area is 77.7 Å². The molecule has 3 heteroatoms. The Morgan fingerprint density at radius 3 is 2.92 bits per heavy atom. The van der Waals surface area contributed by atoms with Crippen LogP contribution in [0.4, 0.5) is 0 Å². The normalized spacial score (nSPS) is 10.4. The van der Waals surface area contributed by atoms with Crippen LogP contribution in [0.5, 0.6) is 0 Å². The largest absolute Gasteiger partial charge is 0.352 e. The van der Waals surface area contributed by atoms with Crippen LogP contribution < -0.4 is 0 Å². The zero-order valence-electron chi connectivity index (χ0n) is 6.17. The van der Waals surface area contributed by atoms with E-state index in [1.54, 1.807) is 0 Å². The van der Waals surface area contributed by atoms with Gasteiger partial charge in [-0.05, 0) is 24.3 Å². The molecular weight excluding hydrogens is 218 g/mol. The van der Waals surface area contributed by atoms with Crippen LogP contribution in [0.2, 0.25) is 0 Å². The van der Waals surface area contributed by atoms with Gasteiger partial charge in [0.25, 0.3) is 0 Å². The fourth-order valence-corrected chi connectivity index (χ4v) is 1.57. The molecule has 0 spiro atoms. The molecule has 1 aromatic heterocycles. The minimum Gasteiger partial charge on any atom is -0.352 e. The molecule has 2 aromatic rings. The standard InChI is InChI=1S/C9H6BrNO/c10-7-1-2-9-6(3-7)4-8(5-12)11-9/h1-5,11H. The van der Waals surface area contributed by atoms with Crippen molar-refractivity contribution in [2.75, 3.05) is 0 Å². The summed E-state index contributed by atoms with van der Waals surface area (Å²) < 4.78 is 1.02. The zero-order valence-corrected chi connectivity index (χ0v) is 7.76. The Hall–Kier alpha value is -1.09. The van der Waals surface area contributed by atoms with Crippen molar-refractivity contribution in [1.29, 1.82) is 0 Å². The molecule has 0 amide bonds. The molecule has 0 aliphatic rings. The highest BCUT2D eigenvalue weighted by molar-refractivity contribution is 9.10. The molecule has 60 valence electrons. The molecule has 0 unspecified atom stereocenters. The summed E-state index contributed by atoms with van der Waals surface area (Å²) in [5, 5.41) is 1.05. The molecule has 1 N–H and O–H groups in total. The van der Waals surface area contributed by atoms with Crippen molar-refractivity contribution in [3.05, 3.63) is 34.4 Å². The van der Waals surface area contributed by atoms with Gasteiger partial charge in [-0.25, -0.2) is 0 Å². The molecule has 0 saturated carbocycles. The predicted octanol–water partition coefficient (Wildman–Crippen LogP) is 2.74. The topological polar surface area (TPSA) is 32.9 Å². The highest BCUT2D eigenvalue weighted by Crippen LogP contribution is 2.19. The number of H-pyrrole nitrogens is 1. The van der Waals surface area contributed by atoms with Gasteiger partial charge in [-0.2, -0.15) is 0 Å². The second-order valence-electron chi connectivity index (χ2n) is 2.57. The summed E-state index contributed by atoms with van der Waals surface area (Å²) in [6, 6.07) is 7.67. The number of nitrogens with one attached hydrogen (secondary N) is 1. The number of rotatable bonds is 1. The van der Waals surface area contributed by atoms with E-state index in [1.807, 2.05) is 24.3 Å². The summed E-state index contributed by atoms with van der Waals surface area (Å²) in [6.45, 7) is 0. The monoisotopic (exact) mass is 223 g/mol. The van der Waals surface area contributed by atoms with Crippen LogP contribution in [0.15, 0.2) is 28.7 Å². The first-order valence-corrected chi connectivity index (χ1v) is 4.32. The lowest BCUT2D eigenvalue weighted by Gasteiger charge is -1.88. The van der Waals surface area contributed by atoms with E-state index in [-0.39, 0.29) is 0 Å². The van der Waals surface area contributed by atoms with Crippen molar-refractivity contribution in [2.45, 2.75) is 0 Å². The summed E-state index contributed by atoms with van der Waals surface area (Å²) in [5.74, 6) is 0. The SMILES string of the molecule is O=Cc1cc2cc(Br)ccc2[nH]1. The molecule has 2 rings (SSSR count). The number of hydrogen-bond acceptors (Lipinski definition) is 1. The fraction of sp³-hybridized carbons (Fsp3) is 0. The molecule has 0 radical (unpaired) electrons. The predicted molar refractivity (Wildman–Crippen MR) is 51.4 cm³/mol. The highest BCUT2D eigenvalue weighted by Gasteiger charge is 1.98. The molecule has 1 aromatic carbocycles. The second-order valence-corrected chi connectivity index (χ2v) is 3.49. The minimum absolute atomic E-state index is 0.614. The Balaban J connectivity index is 2.75. The summed E-state index contributed by atoms with van der Waals surface area (Å²) >= 11 is 3.36. The molecule has 2 nitrogen and oxygen atoms in total. The number of hydrogen-bond donors (Lipinski definition) is 1. The molecule has 0 bridgehead atoms. The Morgan fingerprint density at radius 1 is 1.33 bits per heavy atom. The van der Waals surface area contributed by atoms with E-state index in [4.69, 9.17) is 0 Å². The van der Waals surface area contributed by atoms with Crippen LogP contribution in [0.3, 0.4) is 0 Å². The maximum absolute atomic E-state index is 10.4. The molecule has 0 aliphatic heterocycles. The van der Waals surface area contributed by atoms with Crippen molar-refractivity contribution in [3.8, 4) is 0 Å². The molecule has 0 atom stereocenters. The van der Waals surface area contributed by atoms with E-state index >= 15 is 0 Å². The molecular formula is C9H6BrNO. The van der Waals surface area contributed by atoms with Gasteiger partial charge in [0, 0.05) is 15.4 Å². The lowest BCUT2D eigenvalue weighted by atomic mass is 10.2. The maximum Gasteiger partial charge on any atom is 0.166 e. The van der Waals surface area contributed by atoms with Gasteiger partial charge in [0.05, 0.1) is 5.69 Å². The Kier molecular flexibility index (Phi) is 1.73. The van der Waals surface area contributed by atoms with E-state index in [0.717, 1.165) is 21.7 Å². The van der Waals surface area contributed by atoms with Gasteiger partial charge in [0.1, 0.15) is 0 Å². The summed E-state index contributed by atoms with van der Waals surface area (Å²) in [6.07, 6.45) is 0.813. The first kappa shape index (κ1) is 7.55. The van der Waals surface area contributed by atoms with Gasteiger partial charge in [0.15, 0.2) is 6.29 Å². The van der Waals surface area contributed by atoms with Gasteiger partial charge in [-0.1, -0.05) is 15.9 Å². The average molecular weight is 224 g/mol. The molecule has 0 fully saturated rings.